The second-order valence-corrected chi connectivity index (χ2v) is 4.84. The maximum absolute atomic E-state index is 13.4. The smallest absolute Gasteiger partial charge is 0.162 e. The molecule has 2 rings (SSSR count). The molecular weight excluding hydrogens is 220 g/mol. The van der Waals surface area contributed by atoms with Crippen LogP contribution in [0.5, 0.6) is 0 Å². The van der Waals surface area contributed by atoms with Crippen LogP contribution in [0.4, 0.5) is 8.78 Å². The summed E-state index contributed by atoms with van der Waals surface area (Å²) in [5.74, 6) is -0.618. The van der Waals surface area contributed by atoms with Gasteiger partial charge >= 0.3 is 0 Å². The first-order valence-electron chi connectivity index (χ1n) is 6.32. The number of benzene rings is 1. The molecule has 0 bridgehead atoms. The Labute approximate surface area is 101 Å². The van der Waals surface area contributed by atoms with Gasteiger partial charge in [-0.25, -0.2) is 8.78 Å². The highest BCUT2D eigenvalue weighted by Gasteiger charge is 2.29. The lowest BCUT2D eigenvalue weighted by atomic mass is 10.0. The predicted molar refractivity (Wildman–Crippen MR) is 64.9 cm³/mol. The Bertz CT molecular complexity index is 374. The van der Waals surface area contributed by atoms with Crippen LogP contribution in [0.2, 0.25) is 0 Å². The lowest BCUT2D eigenvalue weighted by Crippen LogP contribution is -2.27. The summed E-state index contributed by atoms with van der Waals surface area (Å²) in [7, 11) is 1.98. The van der Waals surface area contributed by atoms with Crippen LogP contribution in [0.3, 0.4) is 0 Å². The second-order valence-electron chi connectivity index (χ2n) is 4.84. The van der Waals surface area contributed by atoms with Gasteiger partial charge in [0, 0.05) is 6.04 Å². The van der Waals surface area contributed by atoms with Crippen molar-refractivity contribution in [1.82, 2.24) is 5.32 Å². The Hall–Kier alpha value is -0.960. The zero-order valence-corrected chi connectivity index (χ0v) is 10.2. The van der Waals surface area contributed by atoms with Gasteiger partial charge in [-0.1, -0.05) is 12.1 Å². The first-order valence-corrected chi connectivity index (χ1v) is 6.32. The minimum absolute atomic E-state index is 0.496. The molecule has 94 valence electrons. The lowest BCUT2D eigenvalue weighted by molar-refractivity contribution is 0.450. The molecule has 0 amide bonds. The summed E-state index contributed by atoms with van der Waals surface area (Å²) in [6.07, 6.45) is 5.17. The third kappa shape index (κ3) is 3.25. The maximum Gasteiger partial charge on any atom is 0.162 e. The molecule has 3 heteroatoms. The van der Waals surface area contributed by atoms with Crippen LogP contribution in [0, 0.1) is 17.6 Å². The summed E-state index contributed by atoms with van der Waals surface area (Å²) >= 11 is 0. The predicted octanol–water partition coefficient (Wildman–Crippen LogP) is 3.29. The molecule has 1 atom stereocenters. The average Bonchev–Trinajstić information content (AvgIpc) is 3.14. The van der Waals surface area contributed by atoms with Gasteiger partial charge < -0.3 is 5.32 Å². The van der Waals surface area contributed by atoms with Crippen molar-refractivity contribution in [3.05, 3.63) is 35.4 Å². The van der Waals surface area contributed by atoms with E-state index in [-0.39, 0.29) is 0 Å². The summed E-state index contributed by atoms with van der Waals surface area (Å²) < 4.78 is 26.4. The van der Waals surface area contributed by atoms with Gasteiger partial charge in [-0.05, 0) is 56.7 Å². The standard InChI is InChI=1S/C14H19F2N/c1-17-13(10-8-9-10)7-3-5-11-4-2-6-12(15)14(11)16/h2,4,6,10,13,17H,3,5,7-9H2,1H3. The minimum Gasteiger partial charge on any atom is -0.317 e. The van der Waals surface area contributed by atoms with Gasteiger partial charge in [-0.3, -0.25) is 0 Å². The molecule has 1 aromatic carbocycles. The fourth-order valence-corrected chi connectivity index (χ4v) is 2.37. The molecule has 1 nitrogen and oxygen atoms in total. The van der Waals surface area contributed by atoms with E-state index in [0.717, 1.165) is 18.8 Å². The van der Waals surface area contributed by atoms with Crippen LogP contribution < -0.4 is 5.32 Å². The van der Waals surface area contributed by atoms with E-state index in [9.17, 15) is 8.78 Å². The molecule has 1 aromatic rings. The minimum atomic E-state index is -0.741. The third-order valence-electron chi connectivity index (χ3n) is 3.55. The van der Waals surface area contributed by atoms with E-state index in [1.807, 2.05) is 7.05 Å². The fraction of sp³-hybridized carbons (Fsp3) is 0.571. The largest absolute Gasteiger partial charge is 0.317 e. The van der Waals surface area contributed by atoms with Crippen LogP contribution in [0.1, 0.15) is 31.2 Å². The average molecular weight is 239 g/mol. The first kappa shape index (κ1) is 12.5. The van der Waals surface area contributed by atoms with E-state index in [1.54, 1.807) is 12.1 Å². The van der Waals surface area contributed by atoms with Gasteiger partial charge in [-0.2, -0.15) is 0 Å². The Morgan fingerprint density at radius 2 is 2.12 bits per heavy atom. The molecule has 1 saturated carbocycles. The molecule has 1 aliphatic carbocycles. The Morgan fingerprint density at radius 3 is 2.76 bits per heavy atom. The molecule has 1 N–H and O–H groups in total. The molecule has 0 radical (unpaired) electrons. The zero-order chi connectivity index (χ0) is 12.3. The SMILES string of the molecule is CNC(CCCc1cccc(F)c1F)C1CC1. The molecule has 0 aromatic heterocycles. The van der Waals surface area contributed by atoms with Crippen LogP contribution in [-0.2, 0) is 6.42 Å². The highest BCUT2D eigenvalue weighted by molar-refractivity contribution is 5.18. The van der Waals surface area contributed by atoms with E-state index in [1.165, 1.54) is 18.9 Å². The molecule has 0 heterocycles. The molecular formula is C14H19F2N. The Morgan fingerprint density at radius 1 is 1.35 bits per heavy atom. The molecule has 0 saturated heterocycles. The summed E-state index contributed by atoms with van der Waals surface area (Å²) in [5.41, 5.74) is 0.496. The van der Waals surface area contributed by atoms with Crippen molar-refractivity contribution < 1.29 is 8.78 Å². The van der Waals surface area contributed by atoms with Crippen molar-refractivity contribution in [3.8, 4) is 0 Å². The van der Waals surface area contributed by atoms with Gasteiger partial charge in [0.25, 0.3) is 0 Å². The highest BCUT2D eigenvalue weighted by Crippen LogP contribution is 2.34. The normalized spacial score (nSPS) is 17.1. The highest BCUT2D eigenvalue weighted by atomic mass is 19.2. The molecule has 0 spiro atoms. The quantitative estimate of drug-likeness (QED) is 0.803. The van der Waals surface area contributed by atoms with E-state index < -0.39 is 11.6 Å². The molecule has 1 fully saturated rings. The number of hydrogen-bond acceptors (Lipinski definition) is 1. The monoisotopic (exact) mass is 239 g/mol. The van der Waals surface area contributed by atoms with E-state index in [2.05, 4.69) is 5.32 Å². The summed E-state index contributed by atoms with van der Waals surface area (Å²) in [5, 5.41) is 3.31. The van der Waals surface area contributed by atoms with Crippen molar-refractivity contribution in [1.29, 1.82) is 0 Å². The van der Waals surface area contributed by atoms with Crippen LogP contribution in [0.15, 0.2) is 18.2 Å². The van der Waals surface area contributed by atoms with Crippen molar-refractivity contribution in [2.24, 2.45) is 5.92 Å². The summed E-state index contributed by atoms with van der Waals surface area (Å²) in [6.45, 7) is 0. The van der Waals surface area contributed by atoms with Crippen LogP contribution in [0.25, 0.3) is 0 Å². The summed E-state index contributed by atoms with van der Waals surface area (Å²) in [6, 6.07) is 4.96. The Balaban J connectivity index is 1.83. The zero-order valence-electron chi connectivity index (χ0n) is 10.2. The fourth-order valence-electron chi connectivity index (χ4n) is 2.37. The van der Waals surface area contributed by atoms with Crippen LogP contribution in [-0.4, -0.2) is 13.1 Å². The van der Waals surface area contributed by atoms with Gasteiger partial charge in [0.15, 0.2) is 11.6 Å². The van der Waals surface area contributed by atoms with Gasteiger partial charge in [0.1, 0.15) is 0 Å². The van der Waals surface area contributed by atoms with E-state index >= 15 is 0 Å². The van der Waals surface area contributed by atoms with E-state index in [0.29, 0.717) is 18.0 Å². The molecule has 1 aliphatic rings. The second kappa shape index (κ2) is 5.58. The number of hydrogen-bond donors (Lipinski definition) is 1. The number of nitrogens with one attached hydrogen (secondary N) is 1. The number of rotatable bonds is 6. The van der Waals surface area contributed by atoms with Crippen LogP contribution >= 0.6 is 0 Å². The summed E-state index contributed by atoms with van der Waals surface area (Å²) in [4.78, 5) is 0. The Kier molecular flexibility index (Phi) is 4.11. The molecule has 0 aliphatic heterocycles. The topological polar surface area (TPSA) is 12.0 Å². The van der Waals surface area contributed by atoms with Gasteiger partial charge in [-0.15, -0.1) is 0 Å². The third-order valence-corrected chi connectivity index (χ3v) is 3.55. The first-order chi connectivity index (χ1) is 8.22. The van der Waals surface area contributed by atoms with Gasteiger partial charge in [0.05, 0.1) is 0 Å². The van der Waals surface area contributed by atoms with Crippen molar-refractivity contribution in [2.75, 3.05) is 7.05 Å². The van der Waals surface area contributed by atoms with Gasteiger partial charge in [0.2, 0.25) is 0 Å². The van der Waals surface area contributed by atoms with E-state index in [4.69, 9.17) is 0 Å². The number of halogens is 2. The van der Waals surface area contributed by atoms with Crippen molar-refractivity contribution in [3.63, 3.8) is 0 Å². The maximum atomic E-state index is 13.4. The van der Waals surface area contributed by atoms with Crippen molar-refractivity contribution >= 4 is 0 Å². The molecule has 17 heavy (non-hydrogen) atoms. The molecule has 1 unspecified atom stereocenters. The lowest BCUT2D eigenvalue weighted by Gasteiger charge is -2.14. The van der Waals surface area contributed by atoms with Crippen molar-refractivity contribution in [2.45, 2.75) is 38.1 Å². The number of aryl methyl sites for hydroxylation is 1.